The van der Waals surface area contributed by atoms with E-state index in [-0.39, 0.29) is 12.5 Å². The van der Waals surface area contributed by atoms with Crippen LogP contribution in [-0.4, -0.2) is 87.5 Å². The second-order valence-corrected chi connectivity index (χ2v) is 21.8. The monoisotopic (exact) mass is 1040 g/mol. The minimum Gasteiger partial charge on any atom is -0.394 e. The molecule has 0 spiro atoms. The van der Waals surface area contributed by atoms with E-state index >= 15 is 0 Å². The van der Waals surface area contributed by atoms with Crippen LogP contribution in [-0.2, 0) is 14.3 Å². The fourth-order valence-electron chi connectivity index (χ4n) is 9.92. The van der Waals surface area contributed by atoms with Crippen LogP contribution in [0.15, 0.2) is 60.8 Å². The van der Waals surface area contributed by atoms with E-state index in [1.165, 1.54) is 205 Å². The average Bonchev–Trinajstić information content (AvgIpc) is 3.40. The van der Waals surface area contributed by atoms with Crippen molar-refractivity contribution in [2.45, 2.75) is 333 Å². The number of hydrogen-bond acceptors (Lipinski definition) is 8. The fraction of sp³-hybridized carbons (Fsp3) is 0.831. The molecule has 6 N–H and O–H groups in total. The zero-order chi connectivity index (χ0) is 53.6. The lowest BCUT2D eigenvalue weighted by molar-refractivity contribution is -0.302. The van der Waals surface area contributed by atoms with Crippen LogP contribution in [0.5, 0.6) is 0 Å². The third kappa shape index (κ3) is 42.9. The van der Waals surface area contributed by atoms with Crippen molar-refractivity contribution >= 4 is 5.91 Å². The molecule has 0 aromatic carbocycles. The number of amides is 1. The van der Waals surface area contributed by atoms with Crippen LogP contribution >= 0.6 is 0 Å². The summed E-state index contributed by atoms with van der Waals surface area (Å²) in [5.74, 6) is -0.174. The highest BCUT2D eigenvalue weighted by Gasteiger charge is 2.44. The Morgan fingerprint density at radius 3 is 1.24 bits per heavy atom. The molecule has 7 unspecified atom stereocenters. The van der Waals surface area contributed by atoms with Gasteiger partial charge in [0.15, 0.2) is 6.29 Å². The summed E-state index contributed by atoms with van der Waals surface area (Å²) in [6.45, 7) is 3.70. The predicted octanol–water partition coefficient (Wildman–Crippen LogP) is 16.2. The number of carbonyl (C=O) groups excluding carboxylic acids is 1. The van der Waals surface area contributed by atoms with Gasteiger partial charge in [0.2, 0.25) is 5.91 Å². The summed E-state index contributed by atoms with van der Waals surface area (Å²) in [6.07, 6.45) is 67.2. The van der Waals surface area contributed by atoms with Gasteiger partial charge in [-0.25, -0.2) is 0 Å². The molecule has 1 heterocycles. The summed E-state index contributed by atoms with van der Waals surface area (Å²) < 4.78 is 11.3. The molecule has 7 atom stereocenters. The zero-order valence-corrected chi connectivity index (χ0v) is 48.1. The normalized spacial score (nSPS) is 19.4. The smallest absolute Gasteiger partial charge is 0.220 e. The van der Waals surface area contributed by atoms with Crippen molar-refractivity contribution < 1.29 is 39.8 Å². The summed E-state index contributed by atoms with van der Waals surface area (Å²) in [5.41, 5.74) is 0. The minimum absolute atomic E-state index is 0.174. The van der Waals surface area contributed by atoms with Crippen LogP contribution in [0.4, 0.5) is 0 Å². The predicted molar refractivity (Wildman–Crippen MR) is 313 cm³/mol. The maximum atomic E-state index is 13.1. The van der Waals surface area contributed by atoms with Crippen LogP contribution in [0.1, 0.15) is 290 Å². The van der Waals surface area contributed by atoms with Gasteiger partial charge < -0.3 is 40.3 Å². The van der Waals surface area contributed by atoms with E-state index in [2.05, 4.69) is 67.8 Å². The number of ether oxygens (including phenoxy) is 2. The van der Waals surface area contributed by atoms with Crippen LogP contribution in [0.3, 0.4) is 0 Å². The molecule has 1 aliphatic rings. The third-order valence-corrected chi connectivity index (χ3v) is 14.8. The molecule has 0 aromatic heterocycles. The Morgan fingerprint density at radius 1 is 0.473 bits per heavy atom. The number of carbonyl (C=O) groups is 1. The van der Waals surface area contributed by atoms with Crippen molar-refractivity contribution in [3.63, 3.8) is 0 Å². The Hall–Kier alpha value is -2.11. The number of hydrogen-bond donors (Lipinski definition) is 6. The molecule has 432 valence electrons. The van der Waals surface area contributed by atoms with Gasteiger partial charge >= 0.3 is 0 Å². The number of allylic oxidation sites excluding steroid dienone is 9. The van der Waals surface area contributed by atoms with Crippen molar-refractivity contribution in [1.82, 2.24) is 5.32 Å². The quantitative estimate of drug-likeness (QED) is 0.0261. The summed E-state index contributed by atoms with van der Waals surface area (Å²) in [6, 6.07) is -0.807. The van der Waals surface area contributed by atoms with Crippen molar-refractivity contribution in [3.05, 3.63) is 60.8 Å². The molecule has 1 aliphatic heterocycles. The minimum atomic E-state index is -1.57. The van der Waals surface area contributed by atoms with E-state index in [1.54, 1.807) is 6.08 Å². The highest BCUT2D eigenvalue weighted by Crippen LogP contribution is 2.23. The van der Waals surface area contributed by atoms with Gasteiger partial charge in [-0.1, -0.05) is 286 Å². The molecular weight excluding hydrogens is 923 g/mol. The van der Waals surface area contributed by atoms with E-state index < -0.39 is 49.5 Å². The van der Waals surface area contributed by atoms with Gasteiger partial charge in [-0.05, 0) is 57.8 Å². The average molecular weight is 1040 g/mol. The summed E-state index contributed by atoms with van der Waals surface area (Å²) >= 11 is 0. The maximum absolute atomic E-state index is 13.1. The fourth-order valence-corrected chi connectivity index (χ4v) is 9.92. The molecule has 1 saturated heterocycles. The third-order valence-electron chi connectivity index (χ3n) is 14.8. The lowest BCUT2D eigenvalue weighted by Gasteiger charge is -2.40. The molecule has 0 aromatic rings. The molecule has 9 nitrogen and oxygen atoms in total. The molecule has 0 saturated carbocycles. The number of nitrogens with one attached hydrogen (secondary N) is 1. The molecule has 1 amide bonds. The van der Waals surface area contributed by atoms with E-state index in [0.717, 1.165) is 64.2 Å². The first kappa shape index (κ1) is 69.9. The highest BCUT2D eigenvalue weighted by atomic mass is 16.7. The topological polar surface area (TPSA) is 149 Å². The summed E-state index contributed by atoms with van der Waals surface area (Å²) in [5, 5.41) is 54.6. The Kier molecular flexibility index (Phi) is 51.3. The molecule has 1 rings (SSSR count). The van der Waals surface area contributed by atoms with E-state index in [4.69, 9.17) is 9.47 Å². The SMILES string of the molecule is CC/C=C\C/C=C\C/C=C\C/C=C\CCCCCCCCCCCCCCCCCCC(=O)NC(COC1OC(CO)C(O)C(O)C1O)C(O)/C=C/CCCCCCCCCCCCCCCCCCCCCC. The molecule has 0 aliphatic carbocycles. The van der Waals surface area contributed by atoms with Crippen molar-refractivity contribution in [1.29, 1.82) is 0 Å². The molecule has 74 heavy (non-hydrogen) atoms. The Labute approximate surface area is 456 Å². The van der Waals surface area contributed by atoms with Crippen LogP contribution < -0.4 is 5.32 Å². The number of aliphatic hydroxyl groups is 5. The second-order valence-electron chi connectivity index (χ2n) is 21.8. The lowest BCUT2D eigenvalue weighted by Crippen LogP contribution is -2.60. The van der Waals surface area contributed by atoms with E-state index in [0.29, 0.717) is 6.42 Å². The number of aliphatic hydroxyl groups excluding tert-OH is 5. The van der Waals surface area contributed by atoms with Gasteiger partial charge in [0.1, 0.15) is 24.4 Å². The number of unbranched alkanes of at least 4 members (excludes halogenated alkanes) is 36. The van der Waals surface area contributed by atoms with Gasteiger partial charge in [-0.3, -0.25) is 4.79 Å². The second kappa shape index (κ2) is 54.3. The molecule has 0 bridgehead atoms. The van der Waals surface area contributed by atoms with Crippen LogP contribution in [0, 0.1) is 0 Å². The van der Waals surface area contributed by atoms with Crippen LogP contribution in [0.25, 0.3) is 0 Å². The molecular formula is C65H119NO8. The van der Waals surface area contributed by atoms with Crippen molar-refractivity contribution in [2.75, 3.05) is 13.2 Å². The summed E-state index contributed by atoms with van der Waals surface area (Å²) in [4.78, 5) is 13.1. The van der Waals surface area contributed by atoms with E-state index in [9.17, 15) is 30.3 Å². The molecule has 9 heteroatoms. The van der Waals surface area contributed by atoms with E-state index in [1.807, 2.05) is 6.08 Å². The largest absolute Gasteiger partial charge is 0.394 e. The van der Waals surface area contributed by atoms with Crippen molar-refractivity contribution in [2.24, 2.45) is 0 Å². The Balaban J connectivity index is 2.17. The lowest BCUT2D eigenvalue weighted by atomic mass is 9.99. The molecule has 0 radical (unpaired) electrons. The summed E-state index contributed by atoms with van der Waals surface area (Å²) in [7, 11) is 0. The van der Waals surface area contributed by atoms with Gasteiger partial charge in [-0.15, -0.1) is 0 Å². The van der Waals surface area contributed by atoms with Gasteiger partial charge in [0, 0.05) is 6.42 Å². The maximum Gasteiger partial charge on any atom is 0.220 e. The number of rotatable bonds is 54. The molecule has 1 fully saturated rings. The highest BCUT2D eigenvalue weighted by molar-refractivity contribution is 5.76. The van der Waals surface area contributed by atoms with Crippen molar-refractivity contribution in [3.8, 4) is 0 Å². The van der Waals surface area contributed by atoms with Gasteiger partial charge in [-0.2, -0.15) is 0 Å². The first-order valence-corrected chi connectivity index (χ1v) is 31.5. The standard InChI is InChI=1S/C65H119NO8/c1-3-5-7-9-11-13-15-17-19-21-23-25-27-28-29-30-31-32-33-35-37-39-41-43-45-47-49-51-53-55-61(69)66-58(57-73-65-64(72)63(71)62(70)60(56-67)74-65)59(68)54-52-50-48-46-44-42-40-38-36-34-26-24-22-20-18-16-14-12-10-8-6-4-2/h5,7,11,13,17,19,23,25,52,54,58-60,62-65,67-68,70-72H,3-4,6,8-10,12,14-16,18,20-22,24,26-51,53,55-57H2,1-2H3,(H,66,69)/b7-5-,13-11-,19-17-,25-23-,54-52+. The first-order chi connectivity index (χ1) is 36.3. The first-order valence-electron chi connectivity index (χ1n) is 31.5. The van der Waals surface area contributed by atoms with Gasteiger partial charge in [0.05, 0.1) is 25.4 Å². The van der Waals surface area contributed by atoms with Gasteiger partial charge in [0.25, 0.3) is 0 Å². The zero-order valence-electron chi connectivity index (χ0n) is 48.1. The Morgan fingerprint density at radius 2 is 0.838 bits per heavy atom. The van der Waals surface area contributed by atoms with Crippen LogP contribution in [0.2, 0.25) is 0 Å². The Bertz CT molecular complexity index is 1350.